The molecule has 2 aromatic rings. The zero-order valence-electron chi connectivity index (χ0n) is 15.2. The maximum Gasteiger partial charge on any atom is 0.177 e. The van der Waals surface area contributed by atoms with E-state index in [9.17, 15) is 0 Å². The molecule has 1 atom stereocenters. The Morgan fingerprint density at radius 3 is 3.04 bits per heavy atom. The highest BCUT2D eigenvalue weighted by atomic mass is 32.2. The summed E-state index contributed by atoms with van der Waals surface area (Å²) in [6, 6.07) is 6.13. The minimum Gasteiger partial charge on any atom is -0.467 e. The minimum absolute atomic E-state index is 0.274. The molecule has 1 fully saturated rings. The molecular weight excluding hydrogens is 348 g/mol. The van der Waals surface area contributed by atoms with Gasteiger partial charge in [0, 0.05) is 29.3 Å². The van der Waals surface area contributed by atoms with Crippen molar-refractivity contribution in [2.24, 2.45) is 10.1 Å². The largest absolute Gasteiger partial charge is 0.467 e. The standard InChI is InChI=1S/C19H24N4O2S/c1-13-9-17(14(2)23(13)11-16-6-4-8-25-16)18-12-26-19(22-21-18)20-10-15-5-3-7-24-15/h4,6,8-9,15H,3,5,7,10-12H2,1-2H3,(H,20,22). The second-order valence-electron chi connectivity index (χ2n) is 6.69. The number of rotatable bonds is 5. The number of hydrogen-bond donors (Lipinski definition) is 1. The van der Waals surface area contributed by atoms with E-state index in [0.717, 1.165) is 54.9 Å². The number of aliphatic imine (C=N–C) groups is 1. The fourth-order valence-corrected chi connectivity index (χ4v) is 4.17. The number of aromatic nitrogens is 1. The highest BCUT2D eigenvalue weighted by molar-refractivity contribution is 8.14. The third-order valence-corrected chi connectivity index (χ3v) is 5.78. The van der Waals surface area contributed by atoms with Crippen molar-refractivity contribution in [2.75, 3.05) is 18.9 Å². The fourth-order valence-electron chi connectivity index (χ4n) is 3.40. The van der Waals surface area contributed by atoms with E-state index >= 15 is 0 Å². The molecule has 26 heavy (non-hydrogen) atoms. The van der Waals surface area contributed by atoms with Gasteiger partial charge in [0.2, 0.25) is 0 Å². The molecule has 138 valence electrons. The number of hydrazone groups is 1. The van der Waals surface area contributed by atoms with Crippen molar-refractivity contribution in [1.82, 2.24) is 9.99 Å². The zero-order valence-corrected chi connectivity index (χ0v) is 16.0. The van der Waals surface area contributed by atoms with Crippen LogP contribution in [0.5, 0.6) is 0 Å². The van der Waals surface area contributed by atoms with Crippen LogP contribution in [-0.2, 0) is 11.3 Å². The van der Waals surface area contributed by atoms with Gasteiger partial charge < -0.3 is 13.7 Å². The van der Waals surface area contributed by atoms with Gasteiger partial charge in [-0.2, -0.15) is 5.10 Å². The van der Waals surface area contributed by atoms with Crippen molar-refractivity contribution in [2.45, 2.75) is 39.3 Å². The monoisotopic (exact) mass is 372 g/mol. The van der Waals surface area contributed by atoms with Crippen molar-refractivity contribution in [3.05, 3.63) is 47.2 Å². The first kappa shape index (κ1) is 17.4. The topological polar surface area (TPSA) is 64.1 Å². The first-order chi connectivity index (χ1) is 12.7. The maximum atomic E-state index is 5.62. The Labute approximate surface area is 157 Å². The molecule has 4 heterocycles. The number of hydrogen-bond acceptors (Lipinski definition) is 5. The van der Waals surface area contributed by atoms with Crippen LogP contribution >= 0.6 is 11.8 Å². The van der Waals surface area contributed by atoms with Crippen LogP contribution < -0.4 is 5.43 Å². The molecule has 7 heteroatoms. The minimum atomic E-state index is 0.274. The lowest BCUT2D eigenvalue weighted by molar-refractivity contribution is 0.118. The van der Waals surface area contributed by atoms with Crippen LogP contribution in [0.2, 0.25) is 0 Å². The van der Waals surface area contributed by atoms with Crippen molar-refractivity contribution >= 4 is 22.6 Å². The van der Waals surface area contributed by atoms with E-state index in [1.54, 1.807) is 18.0 Å². The summed E-state index contributed by atoms with van der Waals surface area (Å²) in [6.45, 7) is 6.59. The quantitative estimate of drug-likeness (QED) is 0.874. The molecule has 0 aliphatic carbocycles. The molecule has 1 unspecified atom stereocenters. The summed E-state index contributed by atoms with van der Waals surface area (Å²) in [4.78, 5) is 4.61. The third-order valence-electron chi connectivity index (χ3n) is 4.87. The van der Waals surface area contributed by atoms with E-state index in [1.165, 1.54) is 17.0 Å². The molecule has 2 aromatic heterocycles. The number of nitrogens with one attached hydrogen (secondary N) is 1. The van der Waals surface area contributed by atoms with Gasteiger partial charge >= 0.3 is 0 Å². The third kappa shape index (κ3) is 3.73. The van der Waals surface area contributed by atoms with E-state index in [4.69, 9.17) is 9.15 Å². The second kappa shape index (κ2) is 7.72. The number of amidine groups is 1. The number of nitrogens with zero attached hydrogens (tertiary/aromatic N) is 3. The molecular formula is C19H24N4O2S. The lowest BCUT2D eigenvalue weighted by Gasteiger charge is -2.16. The van der Waals surface area contributed by atoms with Gasteiger partial charge in [-0.05, 0) is 44.9 Å². The Balaban J connectivity index is 1.45. The fraction of sp³-hybridized carbons (Fsp3) is 0.474. The van der Waals surface area contributed by atoms with Crippen molar-refractivity contribution in [3.63, 3.8) is 0 Å². The maximum absolute atomic E-state index is 5.62. The number of ether oxygens (including phenoxy) is 1. The van der Waals surface area contributed by atoms with Gasteiger partial charge in [0.05, 0.1) is 31.2 Å². The Bertz CT molecular complexity index is 817. The van der Waals surface area contributed by atoms with Crippen molar-refractivity contribution < 1.29 is 9.15 Å². The molecule has 1 N–H and O–H groups in total. The van der Waals surface area contributed by atoms with E-state index in [1.807, 2.05) is 12.1 Å². The number of furan rings is 1. The smallest absolute Gasteiger partial charge is 0.177 e. The summed E-state index contributed by atoms with van der Waals surface area (Å²) in [5, 5.41) is 5.46. The Morgan fingerprint density at radius 2 is 2.35 bits per heavy atom. The van der Waals surface area contributed by atoms with Crippen molar-refractivity contribution in [1.29, 1.82) is 0 Å². The van der Waals surface area contributed by atoms with Gasteiger partial charge in [-0.15, -0.1) is 0 Å². The Hall–Kier alpha value is -1.99. The molecule has 0 radical (unpaired) electrons. The highest BCUT2D eigenvalue weighted by Crippen LogP contribution is 2.22. The van der Waals surface area contributed by atoms with E-state index < -0.39 is 0 Å². The molecule has 0 spiro atoms. The summed E-state index contributed by atoms with van der Waals surface area (Å²) in [6.07, 6.45) is 4.24. The van der Waals surface area contributed by atoms with Gasteiger partial charge in [-0.1, -0.05) is 11.8 Å². The lowest BCUT2D eigenvalue weighted by atomic mass is 10.1. The van der Waals surface area contributed by atoms with E-state index in [0.29, 0.717) is 0 Å². The second-order valence-corrected chi connectivity index (χ2v) is 7.65. The first-order valence-electron chi connectivity index (χ1n) is 9.01. The molecule has 0 saturated carbocycles. The molecule has 6 nitrogen and oxygen atoms in total. The van der Waals surface area contributed by atoms with Crippen LogP contribution in [0.3, 0.4) is 0 Å². The summed E-state index contributed by atoms with van der Waals surface area (Å²) >= 11 is 1.70. The van der Waals surface area contributed by atoms with Crippen LogP contribution in [0, 0.1) is 13.8 Å². The average Bonchev–Trinajstić information content (AvgIpc) is 3.40. The van der Waals surface area contributed by atoms with Gasteiger partial charge in [0.1, 0.15) is 5.76 Å². The lowest BCUT2D eigenvalue weighted by Crippen LogP contribution is -2.26. The predicted molar refractivity (Wildman–Crippen MR) is 105 cm³/mol. The molecule has 4 rings (SSSR count). The Morgan fingerprint density at radius 1 is 1.42 bits per heavy atom. The van der Waals surface area contributed by atoms with Gasteiger partial charge in [-0.3, -0.25) is 10.4 Å². The SMILES string of the molecule is Cc1cc(C2=NNC(=NCC3CCCO3)SC2)c(C)n1Cc1ccco1. The van der Waals surface area contributed by atoms with Gasteiger partial charge in [0.15, 0.2) is 5.17 Å². The van der Waals surface area contributed by atoms with Crippen LogP contribution in [0.25, 0.3) is 0 Å². The Kier molecular flexibility index (Phi) is 5.17. The normalized spacial score (nSPS) is 21.8. The van der Waals surface area contributed by atoms with Gasteiger partial charge in [0.25, 0.3) is 0 Å². The highest BCUT2D eigenvalue weighted by Gasteiger charge is 2.20. The van der Waals surface area contributed by atoms with Gasteiger partial charge in [-0.25, -0.2) is 0 Å². The summed E-state index contributed by atoms with van der Waals surface area (Å²) in [5.41, 5.74) is 7.77. The van der Waals surface area contributed by atoms with Crippen molar-refractivity contribution in [3.8, 4) is 0 Å². The summed E-state index contributed by atoms with van der Waals surface area (Å²) in [7, 11) is 0. The number of thioether (sulfide) groups is 1. The predicted octanol–water partition coefficient (Wildman–Crippen LogP) is 3.32. The molecule has 0 bridgehead atoms. The summed E-state index contributed by atoms with van der Waals surface area (Å²) < 4.78 is 13.4. The van der Waals surface area contributed by atoms with Crippen LogP contribution in [0.15, 0.2) is 39.0 Å². The van der Waals surface area contributed by atoms with E-state index in [-0.39, 0.29) is 6.10 Å². The average molecular weight is 372 g/mol. The molecule has 1 saturated heterocycles. The molecule has 2 aliphatic rings. The number of aryl methyl sites for hydroxylation is 1. The van der Waals surface area contributed by atoms with Crippen LogP contribution in [0.4, 0.5) is 0 Å². The molecule has 2 aliphatic heterocycles. The van der Waals surface area contributed by atoms with E-state index in [2.05, 4.69) is 40.0 Å². The molecule has 0 aromatic carbocycles. The summed E-state index contributed by atoms with van der Waals surface area (Å²) in [5.74, 6) is 1.78. The zero-order chi connectivity index (χ0) is 17.9. The van der Waals surface area contributed by atoms with Crippen LogP contribution in [0.1, 0.15) is 35.6 Å². The molecule has 0 amide bonds. The first-order valence-corrected chi connectivity index (χ1v) is 10.00. The van der Waals surface area contributed by atoms with Crippen LogP contribution in [-0.4, -0.2) is 40.5 Å².